The number of aromatic hydroxyl groups is 1. The summed E-state index contributed by atoms with van der Waals surface area (Å²) in [5, 5.41) is 27.5. The van der Waals surface area contributed by atoms with Crippen LogP contribution in [0.2, 0.25) is 0 Å². The number of anilines is 1. The third-order valence-corrected chi connectivity index (χ3v) is 8.84. The number of hydrogen-bond donors (Lipinski definition) is 5. The number of phenolic OH excluding ortho intramolecular Hbond substituents is 1. The highest BCUT2D eigenvalue weighted by atomic mass is 32.2. The molecular formula is C26H19N5O10S3. The summed E-state index contributed by atoms with van der Waals surface area (Å²) in [7, 11) is -14.0. The van der Waals surface area contributed by atoms with Gasteiger partial charge in [0.25, 0.3) is 30.4 Å². The van der Waals surface area contributed by atoms with E-state index in [0.29, 0.717) is 0 Å². The van der Waals surface area contributed by atoms with Crippen LogP contribution < -0.4 is 5.73 Å². The first-order chi connectivity index (χ1) is 20.5. The fourth-order valence-electron chi connectivity index (χ4n) is 4.18. The number of benzene rings is 5. The maximum absolute atomic E-state index is 12.2. The van der Waals surface area contributed by atoms with Crippen LogP contribution in [0.5, 0.6) is 5.75 Å². The molecule has 18 heteroatoms. The topological polar surface area (TPSA) is 259 Å². The summed E-state index contributed by atoms with van der Waals surface area (Å²) in [6.07, 6.45) is 0. The average molecular weight is 658 g/mol. The fraction of sp³-hybridized carbons (Fsp3) is 0. The van der Waals surface area contributed by atoms with E-state index >= 15 is 0 Å². The van der Waals surface area contributed by atoms with E-state index in [-0.39, 0.29) is 49.2 Å². The van der Waals surface area contributed by atoms with E-state index < -0.39 is 51.6 Å². The zero-order valence-electron chi connectivity index (χ0n) is 21.8. The summed E-state index contributed by atoms with van der Waals surface area (Å²) in [6, 6.07) is 16.3. The van der Waals surface area contributed by atoms with E-state index in [2.05, 4.69) is 20.5 Å². The first-order valence-corrected chi connectivity index (χ1v) is 16.3. The molecule has 0 bridgehead atoms. The highest BCUT2D eigenvalue weighted by Crippen LogP contribution is 2.43. The second kappa shape index (κ2) is 11.0. The Hall–Kier alpha value is -4.85. The van der Waals surface area contributed by atoms with Gasteiger partial charge in [-0.15, -0.1) is 15.3 Å². The van der Waals surface area contributed by atoms with Crippen LogP contribution in [0.25, 0.3) is 21.5 Å². The lowest BCUT2D eigenvalue weighted by Gasteiger charge is -2.10. The number of nitrogens with two attached hydrogens (primary N) is 1. The Morgan fingerprint density at radius 3 is 1.75 bits per heavy atom. The standard InChI is InChI=1S/C26H19N5O10S3/c27-15-2-1-14-11-24(44(39,40)41)25(26(32)20(14)12-15)31-30-23-10-9-22(19-8-7-18(13-21(19)23)43(36,37)38)29-28-16-3-5-17(6-4-16)42(33,34)35/h1-13,32H,27H2,(H,33,34,35)(H,36,37,38)(H,39,40,41). The molecule has 0 saturated carbocycles. The zero-order valence-corrected chi connectivity index (χ0v) is 24.3. The molecular weight excluding hydrogens is 639 g/mol. The van der Waals surface area contributed by atoms with Gasteiger partial charge in [-0.3, -0.25) is 13.7 Å². The van der Waals surface area contributed by atoms with Crippen LogP contribution in [0.4, 0.5) is 28.4 Å². The molecule has 0 fully saturated rings. The maximum atomic E-state index is 12.2. The number of nitrogens with zero attached hydrogens (tertiary/aromatic N) is 4. The van der Waals surface area contributed by atoms with E-state index in [9.17, 15) is 39.5 Å². The van der Waals surface area contributed by atoms with Gasteiger partial charge in [-0.2, -0.15) is 30.4 Å². The molecule has 0 saturated heterocycles. The smallest absolute Gasteiger partial charge is 0.296 e. The average Bonchev–Trinajstić information content (AvgIpc) is 2.94. The third kappa shape index (κ3) is 6.25. The molecule has 5 rings (SSSR count). The first kappa shape index (κ1) is 30.6. The molecule has 0 aromatic heterocycles. The van der Waals surface area contributed by atoms with Crippen molar-refractivity contribution in [2.75, 3.05) is 5.73 Å². The predicted octanol–water partition coefficient (Wildman–Crippen LogP) is 5.85. The van der Waals surface area contributed by atoms with Gasteiger partial charge in [0, 0.05) is 21.8 Å². The molecule has 0 aliphatic rings. The van der Waals surface area contributed by atoms with Crippen molar-refractivity contribution in [2.45, 2.75) is 14.7 Å². The molecule has 226 valence electrons. The zero-order chi connectivity index (χ0) is 32.0. The Labute approximate surface area is 249 Å². The highest BCUT2D eigenvalue weighted by molar-refractivity contribution is 7.86. The van der Waals surface area contributed by atoms with Gasteiger partial charge in [0.15, 0.2) is 5.75 Å². The van der Waals surface area contributed by atoms with Gasteiger partial charge < -0.3 is 10.8 Å². The van der Waals surface area contributed by atoms with Gasteiger partial charge in [0.1, 0.15) is 10.6 Å². The van der Waals surface area contributed by atoms with Crippen molar-refractivity contribution >= 4 is 80.3 Å². The van der Waals surface area contributed by atoms with Crippen LogP contribution in [0.3, 0.4) is 0 Å². The van der Waals surface area contributed by atoms with Gasteiger partial charge in [0.05, 0.1) is 26.9 Å². The van der Waals surface area contributed by atoms with Crippen molar-refractivity contribution in [2.24, 2.45) is 20.5 Å². The number of hydrogen-bond acceptors (Lipinski definition) is 12. The van der Waals surface area contributed by atoms with E-state index in [1.165, 1.54) is 48.5 Å². The first-order valence-electron chi connectivity index (χ1n) is 12.0. The summed E-state index contributed by atoms with van der Waals surface area (Å²) < 4.78 is 99.2. The largest absolute Gasteiger partial charge is 0.505 e. The number of nitrogen functional groups attached to an aromatic ring is 1. The minimum atomic E-state index is -4.91. The molecule has 5 aromatic rings. The van der Waals surface area contributed by atoms with Gasteiger partial charge in [-0.1, -0.05) is 12.1 Å². The molecule has 0 spiro atoms. The second-order valence-electron chi connectivity index (χ2n) is 9.18. The molecule has 0 radical (unpaired) electrons. The van der Waals surface area contributed by atoms with E-state index in [0.717, 1.165) is 30.3 Å². The van der Waals surface area contributed by atoms with Gasteiger partial charge >= 0.3 is 0 Å². The van der Waals surface area contributed by atoms with Crippen molar-refractivity contribution < 1.29 is 44.0 Å². The Morgan fingerprint density at radius 2 is 1.14 bits per heavy atom. The lowest BCUT2D eigenvalue weighted by Crippen LogP contribution is -1.99. The van der Waals surface area contributed by atoms with Crippen LogP contribution in [0, 0.1) is 0 Å². The lowest BCUT2D eigenvalue weighted by atomic mass is 10.1. The highest BCUT2D eigenvalue weighted by Gasteiger charge is 2.22. The van der Waals surface area contributed by atoms with Crippen LogP contribution >= 0.6 is 0 Å². The Bertz CT molecular complexity index is 2380. The quantitative estimate of drug-likeness (QED) is 0.0787. The normalized spacial score (nSPS) is 13.0. The van der Waals surface area contributed by atoms with Crippen LogP contribution in [0.15, 0.2) is 114 Å². The molecule has 6 N–H and O–H groups in total. The Morgan fingerprint density at radius 1 is 0.545 bits per heavy atom. The lowest BCUT2D eigenvalue weighted by molar-refractivity contribution is 0.472. The van der Waals surface area contributed by atoms with E-state index in [1.807, 2.05) is 0 Å². The predicted molar refractivity (Wildman–Crippen MR) is 158 cm³/mol. The van der Waals surface area contributed by atoms with Gasteiger partial charge in [-0.25, -0.2) is 0 Å². The maximum Gasteiger partial charge on any atom is 0.296 e. The molecule has 0 aliphatic carbocycles. The Kier molecular flexibility index (Phi) is 7.66. The minimum absolute atomic E-state index is 0.0555. The number of azo groups is 2. The number of rotatable bonds is 7. The third-order valence-electron chi connectivity index (χ3n) is 6.26. The molecule has 44 heavy (non-hydrogen) atoms. The van der Waals surface area contributed by atoms with Crippen molar-refractivity contribution in [1.82, 2.24) is 0 Å². The summed E-state index contributed by atoms with van der Waals surface area (Å²) in [4.78, 5) is -1.63. The van der Waals surface area contributed by atoms with Gasteiger partial charge in [0.2, 0.25) is 0 Å². The van der Waals surface area contributed by atoms with Crippen LogP contribution in [-0.4, -0.2) is 44.0 Å². The summed E-state index contributed by atoms with van der Waals surface area (Å²) >= 11 is 0. The molecule has 0 amide bonds. The van der Waals surface area contributed by atoms with Crippen LogP contribution in [0.1, 0.15) is 0 Å². The molecule has 5 aromatic carbocycles. The van der Waals surface area contributed by atoms with Crippen LogP contribution in [-0.2, 0) is 30.4 Å². The molecule has 0 heterocycles. The number of phenols is 1. The van der Waals surface area contributed by atoms with Crippen molar-refractivity contribution in [3.63, 3.8) is 0 Å². The summed E-state index contributed by atoms with van der Waals surface area (Å²) in [5.74, 6) is -0.653. The SMILES string of the molecule is Nc1ccc2cc(S(=O)(=O)O)c(N=Nc3ccc(N=Nc4ccc(S(=O)(=O)O)cc4)c4ccc(S(=O)(=O)O)cc34)c(O)c2c1. The van der Waals surface area contributed by atoms with Crippen molar-refractivity contribution in [1.29, 1.82) is 0 Å². The van der Waals surface area contributed by atoms with Gasteiger partial charge in [-0.05, 0) is 72.1 Å². The second-order valence-corrected chi connectivity index (χ2v) is 13.4. The van der Waals surface area contributed by atoms with Crippen molar-refractivity contribution in [3.8, 4) is 5.75 Å². The number of fused-ring (bicyclic) bond motifs is 2. The molecule has 0 unspecified atom stereocenters. The van der Waals surface area contributed by atoms with Crippen molar-refractivity contribution in [3.05, 3.63) is 78.9 Å². The molecule has 0 aliphatic heterocycles. The van der Waals surface area contributed by atoms with E-state index in [4.69, 9.17) is 10.3 Å². The molecule has 0 atom stereocenters. The fourth-order valence-corrected chi connectivity index (χ4v) is 5.83. The van der Waals surface area contributed by atoms with E-state index in [1.54, 1.807) is 0 Å². The minimum Gasteiger partial charge on any atom is -0.505 e. The summed E-state index contributed by atoms with van der Waals surface area (Å²) in [6.45, 7) is 0. The molecule has 15 nitrogen and oxygen atoms in total. The Balaban J connectivity index is 1.66. The summed E-state index contributed by atoms with van der Waals surface area (Å²) in [5.41, 5.74) is 5.73. The monoisotopic (exact) mass is 657 g/mol.